The van der Waals surface area contributed by atoms with Crippen LogP contribution >= 0.6 is 11.3 Å². The monoisotopic (exact) mass is 381 g/mol. The van der Waals surface area contributed by atoms with Crippen LogP contribution in [-0.2, 0) is 16.0 Å². The molecule has 3 heterocycles. The molecule has 8 heteroatoms. The van der Waals surface area contributed by atoms with Gasteiger partial charge in [-0.2, -0.15) is 5.10 Å². The van der Waals surface area contributed by atoms with Gasteiger partial charge in [0.1, 0.15) is 10.8 Å². The fourth-order valence-electron chi connectivity index (χ4n) is 3.25. The van der Waals surface area contributed by atoms with Gasteiger partial charge in [0.15, 0.2) is 5.82 Å². The van der Waals surface area contributed by atoms with Crippen molar-refractivity contribution < 1.29 is 9.59 Å². The largest absolute Gasteiger partial charge is 0.326 e. The minimum Gasteiger partial charge on any atom is -0.326 e. The van der Waals surface area contributed by atoms with Crippen LogP contribution in [-0.4, -0.2) is 27.0 Å². The van der Waals surface area contributed by atoms with Crippen LogP contribution in [0.3, 0.4) is 0 Å². The van der Waals surface area contributed by atoms with Gasteiger partial charge < -0.3 is 10.6 Å². The van der Waals surface area contributed by atoms with Crippen molar-refractivity contribution in [2.75, 3.05) is 10.6 Å². The van der Waals surface area contributed by atoms with Crippen LogP contribution in [0.5, 0.6) is 0 Å². The number of nitrogens with zero attached hydrogens (tertiary/aromatic N) is 2. The second-order valence-electron chi connectivity index (χ2n) is 6.67. The van der Waals surface area contributed by atoms with Gasteiger partial charge in [0.25, 0.3) is 0 Å². The number of hydrogen-bond acceptors (Lipinski definition) is 5. The van der Waals surface area contributed by atoms with E-state index in [4.69, 9.17) is 0 Å². The third-order valence-electron chi connectivity index (χ3n) is 4.59. The standard InChI is InChI=1S/C19H19N5O2S/c1-10-9-27-19(16(10)17-20-11(2)23-24-17)22-15(25)8-13-7-12-5-3-4-6-14(12)21-18(13)26/h3-6,9,13H,7-8H2,1-2H3,(H,21,26)(H,22,25)(H,20,23,24). The lowest BCUT2D eigenvalue weighted by Gasteiger charge is -2.24. The number of anilines is 2. The lowest BCUT2D eigenvalue weighted by molar-refractivity contribution is -0.125. The van der Waals surface area contributed by atoms with Crippen molar-refractivity contribution in [2.45, 2.75) is 26.7 Å². The predicted molar refractivity (Wildman–Crippen MR) is 105 cm³/mol. The first-order valence-electron chi connectivity index (χ1n) is 8.67. The normalized spacial score (nSPS) is 15.9. The molecule has 1 aliphatic rings. The molecule has 0 radical (unpaired) electrons. The summed E-state index contributed by atoms with van der Waals surface area (Å²) in [6.45, 7) is 3.79. The number of thiophene rings is 1. The van der Waals surface area contributed by atoms with E-state index in [1.807, 2.05) is 43.5 Å². The summed E-state index contributed by atoms with van der Waals surface area (Å²) in [7, 11) is 0. The van der Waals surface area contributed by atoms with Gasteiger partial charge in [0.05, 0.1) is 11.5 Å². The van der Waals surface area contributed by atoms with Crippen LogP contribution in [0.4, 0.5) is 10.7 Å². The molecule has 0 saturated carbocycles. The van der Waals surface area contributed by atoms with Gasteiger partial charge in [0.2, 0.25) is 11.8 Å². The zero-order valence-electron chi connectivity index (χ0n) is 15.0. The van der Waals surface area contributed by atoms with Gasteiger partial charge in [-0.15, -0.1) is 11.3 Å². The van der Waals surface area contributed by atoms with Crippen molar-refractivity contribution in [1.29, 1.82) is 0 Å². The molecule has 3 N–H and O–H groups in total. The third kappa shape index (κ3) is 3.48. The number of para-hydroxylation sites is 1. The summed E-state index contributed by atoms with van der Waals surface area (Å²) >= 11 is 1.43. The quantitative estimate of drug-likeness (QED) is 0.646. The molecular formula is C19H19N5O2S. The van der Waals surface area contributed by atoms with E-state index in [-0.39, 0.29) is 24.2 Å². The summed E-state index contributed by atoms with van der Waals surface area (Å²) in [5.74, 6) is 0.590. The number of carbonyl (C=O) groups excluding carboxylic acids is 2. The van der Waals surface area contributed by atoms with E-state index < -0.39 is 0 Å². The molecule has 138 valence electrons. The molecule has 0 saturated heterocycles. The molecule has 2 amide bonds. The molecule has 7 nitrogen and oxygen atoms in total. The maximum Gasteiger partial charge on any atom is 0.228 e. The molecule has 0 fully saturated rings. The first-order chi connectivity index (χ1) is 13.0. The van der Waals surface area contributed by atoms with Crippen molar-refractivity contribution in [3.05, 3.63) is 46.6 Å². The van der Waals surface area contributed by atoms with Crippen LogP contribution in [0.1, 0.15) is 23.4 Å². The molecule has 1 aliphatic heterocycles. The summed E-state index contributed by atoms with van der Waals surface area (Å²) in [5.41, 5.74) is 3.70. The maximum absolute atomic E-state index is 12.6. The van der Waals surface area contributed by atoms with E-state index in [0.29, 0.717) is 23.1 Å². The highest BCUT2D eigenvalue weighted by Gasteiger charge is 2.28. The first-order valence-corrected chi connectivity index (χ1v) is 9.55. The van der Waals surface area contributed by atoms with E-state index in [0.717, 1.165) is 22.4 Å². The number of nitrogens with one attached hydrogen (secondary N) is 3. The number of hydrogen-bond donors (Lipinski definition) is 3. The van der Waals surface area contributed by atoms with Crippen molar-refractivity contribution in [3.8, 4) is 11.4 Å². The molecule has 0 aliphatic carbocycles. The number of amides is 2. The molecule has 1 unspecified atom stereocenters. The Morgan fingerprint density at radius 2 is 2.15 bits per heavy atom. The van der Waals surface area contributed by atoms with Crippen LogP contribution in [0, 0.1) is 19.8 Å². The average molecular weight is 381 g/mol. The second-order valence-corrected chi connectivity index (χ2v) is 7.55. The Labute approximate surface area is 160 Å². The van der Waals surface area contributed by atoms with Crippen LogP contribution < -0.4 is 10.6 Å². The summed E-state index contributed by atoms with van der Waals surface area (Å²) in [6, 6.07) is 7.68. The molecule has 27 heavy (non-hydrogen) atoms. The van der Waals surface area contributed by atoms with E-state index in [1.165, 1.54) is 11.3 Å². The van der Waals surface area contributed by atoms with Gasteiger partial charge >= 0.3 is 0 Å². The summed E-state index contributed by atoms with van der Waals surface area (Å²) in [6.07, 6.45) is 0.690. The van der Waals surface area contributed by atoms with Crippen LogP contribution in [0.2, 0.25) is 0 Å². The summed E-state index contributed by atoms with van der Waals surface area (Å²) in [5, 5.41) is 15.5. The van der Waals surface area contributed by atoms with Crippen LogP contribution in [0.15, 0.2) is 29.6 Å². The number of aromatic nitrogens is 3. The Morgan fingerprint density at radius 1 is 1.33 bits per heavy atom. The predicted octanol–water partition coefficient (Wildman–Crippen LogP) is 3.29. The molecular weight excluding hydrogens is 362 g/mol. The summed E-state index contributed by atoms with van der Waals surface area (Å²) < 4.78 is 0. The SMILES string of the molecule is Cc1nc(-c2c(C)csc2NC(=O)CC2Cc3ccccc3NC2=O)n[nH]1. The highest BCUT2D eigenvalue weighted by Crippen LogP contribution is 2.35. The van der Waals surface area contributed by atoms with Crippen molar-refractivity contribution in [1.82, 2.24) is 15.2 Å². The first kappa shape index (κ1) is 17.4. The average Bonchev–Trinajstić information content (AvgIpc) is 3.21. The van der Waals surface area contributed by atoms with E-state index >= 15 is 0 Å². The summed E-state index contributed by atoms with van der Waals surface area (Å²) in [4.78, 5) is 29.3. The number of rotatable bonds is 4. The smallest absolute Gasteiger partial charge is 0.228 e. The van der Waals surface area contributed by atoms with Crippen molar-refractivity contribution in [2.24, 2.45) is 5.92 Å². The highest BCUT2D eigenvalue weighted by atomic mass is 32.1. The molecule has 4 rings (SSSR count). The number of aromatic amines is 1. The Hall–Kier alpha value is -3.00. The maximum atomic E-state index is 12.6. The van der Waals surface area contributed by atoms with E-state index in [1.54, 1.807) is 0 Å². The lowest BCUT2D eigenvalue weighted by Crippen LogP contribution is -2.32. The molecule has 1 atom stereocenters. The third-order valence-corrected chi connectivity index (χ3v) is 5.61. The number of carbonyl (C=O) groups is 2. The topological polar surface area (TPSA) is 99.8 Å². The zero-order valence-corrected chi connectivity index (χ0v) is 15.8. The minimum absolute atomic E-state index is 0.115. The van der Waals surface area contributed by atoms with Gasteiger partial charge in [0, 0.05) is 12.1 Å². The van der Waals surface area contributed by atoms with Crippen molar-refractivity contribution >= 4 is 33.8 Å². The van der Waals surface area contributed by atoms with Gasteiger partial charge in [-0.3, -0.25) is 14.7 Å². The zero-order chi connectivity index (χ0) is 19.0. The van der Waals surface area contributed by atoms with E-state index in [2.05, 4.69) is 25.8 Å². The molecule has 0 bridgehead atoms. The molecule has 2 aromatic heterocycles. The Morgan fingerprint density at radius 3 is 2.93 bits per heavy atom. The molecule has 1 aromatic carbocycles. The van der Waals surface area contributed by atoms with Gasteiger partial charge in [-0.1, -0.05) is 18.2 Å². The lowest BCUT2D eigenvalue weighted by atomic mass is 9.90. The molecule has 3 aromatic rings. The van der Waals surface area contributed by atoms with E-state index in [9.17, 15) is 9.59 Å². The minimum atomic E-state index is -0.379. The number of fused-ring (bicyclic) bond motifs is 1. The Kier molecular flexibility index (Phi) is 4.49. The van der Waals surface area contributed by atoms with Crippen molar-refractivity contribution in [3.63, 3.8) is 0 Å². The Balaban J connectivity index is 1.49. The van der Waals surface area contributed by atoms with Gasteiger partial charge in [-0.05, 0) is 42.8 Å². The molecule has 0 spiro atoms. The second kappa shape index (κ2) is 6.96. The number of H-pyrrole nitrogens is 1. The Bertz CT molecular complexity index is 1020. The van der Waals surface area contributed by atoms with Gasteiger partial charge in [-0.25, -0.2) is 4.98 Å². The highest BCUT2D eigenvalue weighted by molar-refractivity contribution is 7.15. The number of aryl methyl sites for hydroxylation is 2. The number of benzene rings is 1. The fraction of sp³-hybridized carbons (Fsp3) is 0.263. The fourth-order valence-corrected chi connectivity index (χ4v) is 4.20. The van der Waals surface area contributed by atoms with Crippen LogP contribution in [0.25, 0.3) is 11.4 Å².